The number of benzene rings is 2. The topological polar surface area (TPSA) is 25.4 Å². The first-order valence-corrected chi connectivity index (χ1v) is 11.8. The van der Waals surface area contributed by atoms with Crippen LogP contribution in [0.2, 0.25) is 5.02 Å². The van der Waals surface area contributed by atoms with Gasteiger partial charge < -0.3 is 4.74 Å². The smallest absolute Gasteiger partial charge is 0.123 e. The van der Waals surface area contributed by atoms with Crippen LogP contribution < -0.4 is 4.74 Å². The lowest BCUT2D eigenvalue weighted by Crippen LogP contribution is -2.41. The minimum absolute atomic E-state index is 0.309. The molecule has 0 N–H and O–H groups in total. The second-order valence-electron chi connectivity index (χ2n) is 9.02. The highest BCUT2D eigenvalue weighted by molar-refractivity contribution is 6.30. The fourth-order valence-electron chi connectivity index (χ4n) is 4.64. The van der Waals surface area contributed by atoms with Crippen molar-refractivity contribution in [1.82, 2.24) is 9.88 Å². The Labute approximate surface area is 190 Å². The van der Waals surface area contributed by atoms with Crippen LogP contribution in [0.15, 0.2) is 60.8 Å². The largest absolute Gasteiger partial charge is 0.489 e. The molecule has 1 atom stereocenters. The van der Waals surface area contributed by atoms with Gasteiger partial charge in [-0.25, -0.2) is 0 Å². The number of fused-ring (bicyclic) bond motifs is 1. The van der Waals surface area contributed by atoms with Crippen LogP contribution in [0.3, 0.4) is 0 Å². The lowest BCUT2D eigenvalue weighted by Gasteiger charge is -2.35. The van der Waals surface area contributed by atoms with Gasteiger partial charge in [0.15, 0.2) is 0 Å². The van der Waals surface area contributed by atoms with Gasteiger partial charge in [0.05, 0.1) is 5.69 Å². The van der Waals surface area contributed by atoms with E-state index in [1.807, 2.05) is 30.5 Å². The molecule has 0 saturated carbocycles. The van der Waals surface area contributed by atoms with Gasteiger partial charge in [0.25, 0.3) is 0 Å². The molecule has 2 aliphatic rings. The summed E-state index contributed by atoms with van der Waals surface area (Å²) in [7, 11) is 0. The summed E-state index contributed by atoms with van der Waals surface area (Å²) in [6.45, 7) is 5.85. The van der Waals surface area contributed by atoms with Crippen molar-refractivity contribution in [1.29, 1.82) is 0 Å². The van der Waals surface area contributed by atoms with E-state index in [0.717, 1.165) is 58.5 Å². The summed E-state index contributed by atoms with van der Waals surface area (Å²) < 4.78 is 6.37. The number of likely N-dealkylation sites (tertiary alicyclic amines) is 1. The van der Waals surface area contributed by atoms with Gasteiger partial charge in [-0.3, -0.25) is 9.88 Å². The Hall–Kier alpha value is -2.36. The molecule has 1 fully saturated rings. The van der Waals surface area contributed by atoms with Crippen LogP contribution in [0.1, 0.15) is 31.7 Å². The molecule has 0 aliphatic carbocycles. The molecular formula is C27H29ClN2O. The maximum Gasteiger partial charge on any atom is 0.123 e. The lowest BCUT2D eigenvalue weighted by molar-refractivity contribution is 0.0935. The van der Waals surface area contributed by atoms with Crippen LogP contribution in [0.5, 0.6) is 5.75 Å². The van der Waals surface area contributed by atoms with Crippen molar-refractivity contribution in [2.24, 2.45) is 5.92 Å². The fraction of sp³-hybridized carbons (Fsp3) is 0.370. The van der Waals surface area contributed by atoms with Crippen molar-refractivity contribution in [3.63, 3.8) is 0 Å². The standard InChI is InChI=1S/C27H29ClN2O/c1-19-12-14-30(15-13-19)18-25-9-4-22-16-21(6-11-27(22)31-25)26-10-5-23(17-29-26)20-2-7-24(28)8-3-20/h2-3,5-8,10-11,16-17,19,25H,4,9,12-15,18H2,1H3. The Morgan fingerprint density at radius 3 is 2.42 bits per heavy atom. The van der Waals surface area contributed by atoms with Crippen LogP contribution in [-0.2, 0) is 6.42 Å². The van der Waals surface area contributed by atoms with E-state index in [-0.39, 0.29) is 0 Å². The van der Waals surface area contributed by atoms with Crippen LogP contribution in [0, 0.1) is 5.92 Å². The summed E-state index contributed by atoms with van der Waals surface area (Å²) in [5, 5.41) is 0.748. The molecule has 0 amide bonds. The number of halogens is 1. The van der Waals surface area contributed by atoms with E-state index >= 15 is 0 Å². The average Bonchev–Trinajstić information content (AvgIpc) is 2.81. The van der Waals surface area contributed by atoms with E-state index in [1.165, 1.54) is 31.5 Å². The van der Waals surface area contributed by atoms with Gasteiger partial charge in [0.1, 0.15) is 11.9 Å². The molecule has 2 aliphatic heterocycles. The zero-order valence-electron chi connectivity index (χ0n) is 18.1. The third kappa shape index (κ3) is 4.78. The van der Waals surface area contributed by atoms with E-state index in [2.05, 4.69) is 42.2 Å². The Bertz CT molecular complexity index is 1020. The zero-order valence-corrected chi connectivity index (χ0v) is 18.8. The third-order valence-corrected chi connectivity index (χ3v) is 6.92. The fourth-order valence-corrected chi connectivity index (χ4v) is 4.77. The van der Waals surface area contributed by atoms with E-state index in [1.54, 1.807) is 0 Å². The molecule has 1 aromatic heterocycles. The van der Waals surface area contributed by atoms with Crippen molar-refractivity contribution in [2.75, 3.05) is 19.6 Å². The molecule has 3 heterocycles. The Kier molecular flexibility index (Phi) is 5.97. The SMILES string of the molecule is CC1CCN(CC2CCc3cc(-c4ccc(-c5ccc(Cl)cc5)cn4)ccc3O2)CC1. The monoisotopic (exact) mass is 432 g/mol. The minimum Gasteiger partial charge on any atom is -0.489 e. The highest BCUT2D eigenvalue weighted by Gasteiger charge is 2.24. The molecule has 3 aromatic rings. The number of aryl methyl sites for hydroxylation is 1. The molecular weight excluding hydrogens is 404 g/mol. The molecule has 1 saturated heterocycles. The lowest BCUT2D eigenvalue weighted by atomic mass is 9.96. The maximum atomic E-state index is 6.37. The van der Waals surface area contributed by atoms with Gasteiger partial charge >= 0.3 is 0 Å². The Morgan fingerprint density at radius 1 is 0.935 bits per heavy atom. The molecule has 3 nitrogen and oxygen atoms in total. The van der Waals surface area contributed by atoms with Crippen LogP contribution in [-0.4, -0.2) is 35.6 Å². The molecule has 31 heavy (non-hydrogen) atoms. The normalized spacial score (nSPS) is 19.6. The Morgan fingerprint density at radius 2 is 1.68 bits per heavy atom. The predicted molar refractivity (Wildman–Crippen MR) is 128 cm³/mol. The molecule has 0 spiro atoms. The zero-order chi connectivity index (χ0) is 21.2. The number of hydrogen-bond acceptors (Lipinski definition) is 3. The summed E-state index contributed by atoms with van der Waals surface area (Å²) in [5.41, 5.74) is 5.65. The summed E-state index contributed by atoms with van der Waals surface area (Å²) >= 11 is 6.00. The van der Waals surface area contributed by atoms with Crippen LogP contribution in [0.25, 0.3) is 22.4 Å². The van der Waals surface area contributed by atoms with Gasteiger partial charge in [-0.05, 0) is 92.2 Å². The van der Waals surface area contributed by atoms with E-state index < -0.39 is 0 Å². The summed E-state index contributed by atoms with van der Waals surface area (Å²) in [4.78, 5) is 7.29. The number of aromatic nitrogens is 1. The number of rotatable bonds is 4. The first-order valence-electron chi connectivity index (χ1n) is 11.4. The molecule has 0 radical (unpaired) electrons. The predicted octanol–water partition coefficient (Wildman–Crippen LogP) is 6.49. The van der Waals surface area contributed by atoms with Gasteiger partial charge in [-0.2, -0.15) is 0 Å². The summed E-state index contributed by atoms with van der Waals surface area (Å²) in [5.74, 6) is 1.92. The van der Waals surface area contributed by atoms with Crippen molar-refractivity contribution < 1.29 is 4.74 Å². The van der Waals surface area contributed by atoms with E-state index in [4.69, 9.17) is 21.3 Å². The maximum absolute atomic E-state index is 6.37. The van der Waals surface area contributed by atoms with Crippen molar-refractivity contribution in [2.45, 2.75) is 38.7 Å². The van der Waals surface area contributed by atoms with Crippen molar-refractivity contribution in [3.8, 4) is 28.1 Å². The average molecular weight is 433 g/mol. The molecule has 4 heteroatoms. The van der Waals surface area contributed by atoms with Gasteiger partial charge in [0, 0.05) is 28.9 Å². The molecule has 1 unspecified atom stereocenters. The van der Waals surface area contributed by atoms with Crippen molar-refractivity contribution in [3.05, 3.63) is 71.4 Å². The third-order valence-electron chi connectivity index (χ3n) is 6.66. The molecule has 0 bridgehead atoms. The summed E-state index contributed by atoms with van der Waals surface area (Å²) in [6.07, 6.45) is 7.03. The second-order valence-corrected chi connectivity index (χ2v) is 9.46. The Balaban J connectivity index is 1.26. The second kappa shape index (κ2) is 9.02. The molecule has 160 valence electrons. The van der Waals surface area contributed by atoms with Gasteiger partial charge in [-0.15, -0.1) is 0 Å². The minimum atomic E-state index is 0.309. The first kappa shape index (κ1) is 20.5. The quantitative estimate of drug-likeness (QED) is 0.470. The summed E-state index contributed by atoms with van der Waals surface area (Å²) in [6, 6.07) is 18.6. The number of ether oxygens (including phenoxy) is 1. The number of nitrogens with zero attached hydrogens (tertiary/aromatic N) is 2. The van der Waals surface area contributed by atoms with Crippen molar-refractivity contribution >= 4 is 11.6 Å². The van der Waals surface area contributed by atoms with Gasteiger partial charge in [0.2, 0.25) is 0 Å². The van der Waals surface area contributed by atoms with Gasteiger partial charge in [-0.1, -0.05) is 36.7 Å². The van der Waals surface area contributed by atoms with Crippen LogP contribution in [0.4, 0.5) is 0 Å². The molecule has 5 rings (SSSR count). The van der Waals surface area contributed by atoms with E-state index in [9.17, 15) is 0 Å². The number of piperidine rings is 1. The first-order chi connectivity index (χ1) is 15.1. The highest BCUT2D eigenvalue weighted by atomic mass is 35.5. The van der Waals surface area contributed by atoms with E-state index in [0.29, 0.717) is 6.10 Å². The number of hydrogen-bond donors (Lipinski definition) is 0. The number of pyridine rings is 1. The molecule has 2 aromatic carbocycles. The van der Waals surface area contributed by atoms with Crippen LogP contribution >= 0.6 is 11.6 Å². The highest BCUT2D eigenvalue weighted by Crippen LogP contribution is 2.32.